The molecule has 0 bridgehead atoms. The molecule has 0 radical (unpaired) electrons. The number of methoxy groups -OCH3 is 1. The zero-order valence-electron chi connectivity index (χ0n) is 10.3. The maximum Gasteiger partial charge on any atom is 0.574 e. The highest BCUT2D eigenvalue weighted by molar-refractivity contribution is 5.69. The second kappa shape index (κ2) is 6.21. The number of ether oxygens (including phenoxy) is 2. The van der Waals surface area contributed by atoms with Crippen LogP contribution in [0.1, 0.15) is 6.42 Å². The molecule has 6 nitrogen and oxygen atoms in total. The average molecular weight is 279 g/mol. The van der Waals surface area contributed by atoms with Gasteiger partial charge in [0.1, 0.15) is 5.82 Å². The lowest BCUT2D eigenvalue weighted by Gasteiger charge is -2.17. The lowest BCUT2D eigenvalue weighted by molar-refractivity contribution is -0.276. The monoisotopic (exact) mass is 279 g/mol. The maximum atomic E-state index is 11.9. The molecular weight excluding hydrogens is 267 g/mol. The van der Waals surface area contributed by atoms with E-state index in [-0.39, 0.29) is 6.42 Å². The summed E-state index contributed by atoms with van der Waals surface area (Å²) in [5.74, 6) is -0.715. The van der Waals surface area contributed by atoms with E-state index in [0.29, 0.717) is 12.4 Å². The van der Waals surface area contributed by atoms with E-state index in [0.717, 1.165) is 12.4 Å². The molecule has 9 heteroatoms. The first-order valence-electron chi connectivity index (χ1n) is 5.17. The van der Waals surface area contributed by atoms with Crippen LogP contribution in [0.4, 0.5) is 19.0 Å². The third-order valence-electron chi connectivity index (χ3n) is 2.10. The molecule has 106 valence electrons. The number of carbonyl (C=O) groups is 1. The van der Waals surface area contributed by atoms with Crippen LogP contribution in [-0.2, 0) is 9.53 Å². The lowest BCUT2D eigenvalue weighted by atomic mass is 10.4. The van der Waals surface area contributed by atoms with Gasteiger partial charge < -0.3 is 14.4 Å². The number of alkyl halides is 3. The van der Waals surface area contributed by atoms with Crippen LogP contribution >= 0.6 is 0 Å². The second-order valence-electron chi connectivity index (χ2n) is 3.51. The Morgan fingerprint density at radius 2 is 2.05 bits per heavy atom. The zero-order valence-corrected chi connectivity index (χ0v) is 10.3. The molecule has 0 N–H and O–H groups in total. The number of aromatic nitrogens is 2. The van der Waals surface area contributed by atoms with Gasteiger partial charge in [-0.2, -0.15) is 0 Å². The largest absolute Gasteiger partial charge is 0.574 e. The molecule has 0 atom stereocenters. The van der Waals surface area contributed by atoms with Gasteiger partial charge in [-0.3, -0.25) is 4.79 Å². The summed E-state index contributed by atoms with van der Waals surface area (Å²) >= 11 is 0. The van der Waals surface area contributed by atoms with Crippen molar-refractivity contribution in [2.24, 2.45) is 0 Å². The molecule has 0 amide bonds. The fourth-order valence-electron chi connectivity index (χ4n) is 1.15. The Morgan fingerprint density at radius 3 is 2.53 bits per heavy atom. The van der Waals surface area contributed by atoms with Crippen LogP contribution in [0.25, 0.3) is 0 Å². The number of nitrogens with zero attached hydrogens (tertiary/aromatic N) is 3. The van der Waals surface area contributed by atoms with E-state index in [9.17, 15) is 18.0 Å². The fourth-order valence-corrected chi connectivity index (χ4v) is 1.15. The molecule has 0 aliphatic heterocycles. The van der Waals surface area contributed by atoms with Crippen molar-refractivity contribution >= 4 is 11.8 Å². The Hall–Kier alpha value is -2.06. The van der Waals surface area contributed by atoms with Gasteiger partial charge in [-0.25, -0.2) is 9.97 Å². The Bertz CT molecular complexity index is 422. The van der Waals surface area contributed by atoms with E-state index in [2.05, 4.69) is 19.4 Å². The van der Waals surface area contributed by atoms with E-state index in [1.165, 1.54) is 7.11 Å². The quantitative estimate of drug-likeness (QED) is 0.759. The van der Waals surface area contributed by atoms with Crippen LogP contribution in [0, 0.1) is 0 Å². The summed E-state index contributed by atoms with van der Waals surface area (Å²) in [6.45, 7) is 0.306. The zero-order chi connectivity index (χ0) is 14.5. The van der Waals surface area contributed by atoms with Crippen LogP contribution in [0.3, 0.4) is 0 Å². The lowest BCUT2D eigenvalue weighted by Crippen LogP contribution is -2.23. The molecule has 0 aromatic carbocycles. The van der Waals surface area contributed by atoms with Crippen molar-refractivity contribution in [1.29, 1.82) is 0 Å². The van der Waals surface area contributed by atoms with Crippen LogP contribution in [0.5, 0.6) is 5.88 Å². The normalized spacial score (nSPS) is 11.0. The van der Waals surface area contributed by atoms with Gasteiger partial charge in [0.15, 0.2) is 0 Å². The first-order chi connectivity index (χ1) is 8.81. The van der Waals surface area contributed by atoms with Crippen molar-refractivity contribution < 1.29 is 27.4 Å². The summed E-state index contributed by atoms with van der Waals surface area (Å²) in [6.07, 6.45) is -2.68. The molecule has 0 unspecified atom stereocenters. The number of carbonyl (C=O) groups excluding carboxylic acids is 1. The van der Waals surface area contributed by atoms with E-state index in [1.807, 2.05) is 0 Å². The molecule has 0 spiro atoms. The highest BCUT2D eigenvalue weighted by Gasteiger charge is 2.31. The molecule has 0 saturated carbocycles. The van der Waals surface area contributed by atoms with Crippen LogP contribution in [0.2, 0.25) is 0 Å². The Balaban J connectivity index is 2.58. The summed E-state index contributed by atoms with van der Waals surface area (Å²) in [7, 11) is 2.89. The van der Waals surface area contributed by atoms with Gasteiger partial charge in [-0.05, 0) is 0 Å². The topological polar surface area (TPSA) is 64.5 Å². The Morgan fingerprint density at radius 1 is 1.37 bits per heavy atom. The van der Waals surface area contributed by atoms with Crippen molar-refractivity contribution in [2.45, 2.75) is 12.8 Å². The minimum absolute atomic E-state index is 0.134. The van der Waals surface area contributed by atoms with E-state index >= 15 is 0 Å². The smallest absolute Gasteiger partial charge is 0.469 e. The van der Waals surface area contributed by atoms with Crippen LogP contribution < -0.4 is 9.64 Å². The van der Waals surface area contributed by atoms with Gasteiger partial charge >= 0.3 is 12.3 Å². The molecule has 1 aromatic rings. The Kier molecular flexibility index (Phi) is 4.90. The molecule has 0 fully saturated rings. The SMILES string of the molecule is COC(=O)CCN(C)c1cnc(OC(F)(F)F)cn1. The molecule has 19 heavy (non-hydrogen) atoms. The first kappa shape index (κ1) is 15.0. The fraction of sp³-hybridized carbons (Fsp3) is 0.500. The summed E-state index contributed by atoms with van der Waals surface area (Å²) in [5.41, 5.74) is 0. The number of anilines is 1. The van der Waals surface area contributed by atoms with Crippen molar-refractivity contribution in [3.63, 3.8) is 0 Å². The van der Waals surface area contributed by atoms with Crippen LogP contribution in [0.15, 0.2) is 12.4 Å². The van der Waals surface area contributed by atoms with E-state index in [4.69, 9.17) is 0 Å². The van der Waals surface area contributed by atoms with Gasteiger partial charge in [0.05, 0.1) is 25.9 Å². The van der Waals surface area contributed by atoms with Crippen molar-refractivity contribution in [3.8, 4) is 5.88 Å². The minimum Gasteiger partial charge on any atom is -0.469 e. The summed E-state index contributed by atoms with van der Waals surface area (Å²) in [5, 5.41) is 0. The maximum absolute atomic E-state index is 11.9. The number of halogens is 3. The predicted molar refractivity (Wildman–Crippen MR) is 58.6 cm³/mol. The molecule has 0 aliphatic carbocycles. The van der Waals surface area contributed by atoms with Gasteiger partial charge in [-0.1, -0.05) is 0 Å². The van der Waals surface area contributed by atoms with Crippen molar-refractivity contribution in [1.82, 2.24) is 9.97 Å². The predicted octanol–water partition coefficient (Wildman–Crippen LogP) is 1.37. The number of rotatable bonds is 5. The molecular formula is C10H12F3N3O3. The molecule has 1 aromatic heterocycles. The average Bonchev–Trinajstić information content (AvgIpc) is 2.34. The Labute approximate surface area is 107 Å². The third kappa shape index (κ3) is 5.40. The van der Waals surface area contributed by atoms with Gasteiger partial charge in [0.25, 0.3) is 0 Å². The van der Waals surface area contributed by atoms with Crippen molar-refractivity contribution in [3.05, 3.63) is 12.4 Å². The standard InChI is InChI=1S/C10H12F3N3O3/c1-16(4-3-9(17)18-2)7-5-15-8(6-14-7)19-10(11,12)13/h5-6H,3-4H2,1-2H3. The third-order valence-corrected chi connectivity index (χ3v) is 2.10. The molecule has 1 heterocycles. The molecule has 0 saturated heterocycles. The highest BCUT2D eigenvalue weighted by Crippen LogP contribution is 2.20. The number of hydrogen-bond acceptors (Lipinski definition) is 6. The highest BCUT2D eigenvalue weighted by atomic mass is 19.4. The van der Waals surface area contributed by atoms with Crippen LogP contribution in [-0.4, -0.2) is 43.0 Å². The minimum atomic E-state index is -4.80. The number of esters is 1. The van der Waals surface area contributed by atoms with Gasteiger partial charge in [0.2, 0.25) is 5.88 Å². The first-order valence-corrected chi connectivity index (χ1v) is 5.17. The van der Waals surface area contributed by atoms with Crippen molar-refractivity contribution in [2.75, 3.05) is 25.6 Å². The summed E-state index contributed by atoms with van der Waals surface area (Å²) in [6, 6.07) is 0. The van der Waals surface area contributed by atoms with Gasteiger partial charge in [-0.15, -0.1) is 13.2 Å². The van der Waals surface area contributed by atoms with Gasteiger partial charge in [0, 0.05) is 13.6 Å². The summed E-state index contributed by atoms with van der Waals surface area (Å²) < 4.78 is 43.7. The molecule has 0 aliphatic rings. The van der Waals surface area contributed by atoms with E-state index < -0.39 is 18.2 Å². The molecule has 1 rings (SSSR count). The summed E-state index contributed by atoms with van der Waals surface area (Å²) in [4.78, 5) is 19.7. The number of hydrogen-bond donors (Lipinski definition) is 0. The van der Waals surface area contributed by atoms with E-state index in [1.54, 1.807) is 11.9 Å². The second-order valence-corrected chi connectivity index (χ2v) is 3.51.